The Morgan fingerprint density at radius 3 is 3.12 bits per heavy atom. The molecular weight excluding hydrogens is 198 g/mol. The van der Waals surface area contributed by atoms with Crippen molar-refractivity contribution in [1.82, 2.24) is 9.78 Å². The fourth-order valence-corrected chi connectivity index (χ4v) is 2.28. The van der Waals surface area contributed by atoms with Gasteiger partial charge in [-0.05, 0) is 25.0 Å². The number of aromatic nitrogens is 2. The summed E-state index contributed by atoms with van der Waals surface area (Å²) in [5.74, 6) is 0.652. The lowest BCUT2D eigenvalue weighted by atomic mass is 10.1. The predicted molar refractivity (Wildman–Crippen MR) is 61.9 cm³/mol. The van der Waals surface area contributed by atoms with Crippen molar-refractivity contribution < 1.29 is 0 Å². The Balaban J connectivity index is 2.11. The van der Waals surface area contributed by atoms with Crippen LogP contribution in [0.4, 0.5) is 0 Å². The molecule has 2 atom stereocenters. The van der Waals surface area contributed by atoms with E-state index in [0.717, 1.165) is 18.5 Å². The van der Waals surface area contributed by atoms with Gasteiger partial charge >= 0.3 is 0 Å². The van der Waals surface area contributed by atoms with E-state index in [-0.39, 0.29) is 5.92 Å². The summed E-state index contributed by atoms with van der Waals surface area (Å²) in [6.07, 6.45) is 3.10. The first-order valence-corrected chi connectivity index (χ1v) is 5.69. The highest BCUT2D eigenvalue weighted by Gasteiger charge is 2.39. The molecule has 0 N–H and O–H groups in total. The van der Waals surface area contributed by atoms with Crippen LogP contribution in [0, 0.1) is 17.2 Å². The third-order valence-corrected chi connectivity index (χ3v) is 3.31. The van der Waals surface area contributed by atoms with E-state index in [1.807, 2.05) is 16.8 Å². The lowest BCUT2D eigenvalue weighted by Crippen LogP contribution is -1.92. The molecule has 3 rings (SSSR count). The zero-order chi connectivity index (χ0) is 11.1. The number of nitriles is 1. The molecule has 1 heterocycles. The first-order valence-electron chi connectivity index (χ1n) is 5.69. The minimum atomic E-state index is 0.218. The Morgan fingerprint density at radius 1 is 1.56 bits per heavy atom. The number of hydrogen-bond acceptors (Lipinski definition) is 2. The lowest BCUT2D eigenvalue weighted by Gasteiger charge is -1.98. The van der Waals surface area contributed by atoms with Crippen LogP contribution in [0.5, 0.6) is 0 Å². The monoisotopic (exact) mass is 211 g/mol. The van der Waals surface area contributed by atoms with Gasteiger partial charge < -0.3 is 0 Å². The van der Waals surface area contributed by atoms with Crippen molar-refractivity contribution in [3.8, 4) is 6.07 Å². The number of aryl methyl sites for hydroxylation is 1. The van der Waals surface area contributed by atoms with Crippen LogP contribution >= 0.6 is 0 Å². The number of fused-ring (bicyclic) bond motifs is 1. The van der Waals surface area contributed by atoms with E-state index in [1.54, 1.807) is 0 Å². The molecule has 1 aliphatic carbocycles. The second kappa shape index (κ2) is 3.34. The van der Waals surface area contributed by atoms with E-state index in [0.29, 0.717) is 5.92 Å². The van der Waals surface area contributed by atoms with Crippen LogP contribution in [0.15, 0.2) is 24.4 Å². The van der Waals surface area contributed by atoms with Crippen LogP contribution in [-0.2, 0) is 6.54 Å². The van der Waals surface area contributed by atoms with Gasteiger partial charge in [0.1, 0.15) is 0 Å². The van der Waals surface area contributed by atoms with Gasteiger partial charge in [0, 0.05) is 24.0 Å². The molecule has 0 bridgehead atoms. The summed E-state index contributed by atoms with van der Waals surface area (Å²) in [4.78, 5) is 0. The maximum absolute atomic E-state index is 8.89. The highest BCUT2D eigenvalue weighted by atomic mass is 15.3. The molecule has 1 aromatic heterocycles. The molecule has 1 saturated carbocycles. The first kappa shape index (κ1) is 9.41. The number of hydrogen-bond donors (Lipinski definition) is 0. The molecule has 2 unspecified atom stereocenters. The minimum Gasteiger partial charge on any atom is -0.272 e. The van der Waals surface area contributed by atoms with E-state index < -0.39 is 0 Å². The summed E-state index contributed by atoms with van der Waals surface area (Å²) < 4.78 is 1.96. The zero-order valence-electron chi connectivity index (χ0n) is 9.22. The Morgan fingerprint density at radius 2 is 2.44 bits per heavy atom. The van der Waals surface area contributed by atoms with Gasteiger partial charge in [0.05, 0.1) is 17.5 Å². The van der Waals surface area contributed by atoms with Crippen molar-refractivity contribution >= 4 is 10.9 Å². The lowest BCUT2D eigenvalue weighted by molar-refractivity contribution is 0.668. The van der Waals surface area contributed by atoms with E-state index in [4.69, 9.17) is 5.26 Å². The Bertz CT molecular complexity index is 576. The van der Waals surface area contributed by atoms with Gasteiger partial charge in [-0.2, -0.15) is 10.4 Å². The molecule has 0 aliphatic heterocycles. The summed E-state index contributed by atoms with van der Waals surface area (Å²) in [5, 5.41) is 14.6. The van der Waals surface area contributed by atoms with E-state index >= 15 is 0 Å². The van der Waals surface area contributed by atoms with Crippen LogP contribution in [0.1, 0.15) is 24.8 Å². The second-order valence-corrected chi connectivity index (χ2v) is 4.34. The topological polar surface area (TPSA) is 41.6 Å². The number of nitrogens with zero attached hydrogens (tertiary/aromatic N) is 3. The van der Waals surface area contributed by atoms with Gasteiger partial charge in [-0.3, -0.25) is 4.68 Å². The summed E-state index contributed by atoms with van der Waals surface area (Å²) in [6, 6.07) is 8.55. The normalized spacial score (nSPS) is 23.2. The molecule has 80 valence electrons. The minimum absolute atomic E-state index is 0.218. The van der Waals surface area contributed by atoms with Crippen molar-refractivity contribution in [1.29, 1.82) is 5.26 Å². The largest absolute Gasteiger partial charge is 0.272 e. The van der Waals surface area contributed by atoms with Crippen molar-refractivity contribution in [2.45, 2.75) is 25.8 Å². The standard InChI is InChI=1S/C13H13N3/c1-2-16-8-12-10(11-6-9(11)7-14)4-3-5-13(12)15-16/h3-5,8-9,11H,2,6H2,1H3. The fraction of sp³-hybridized carbons (Fsp3) is 0.385. The fourth-order valence-electron chi connectivity index (χ4n) is 2.28. The van der Waals surface area contributed by atoms with Crippen LogP contribution in [0.3, 0.4) is 0 Å². The average molecular weight is 211 g/mol. The summed E-state index contributed by atoms with van der Waals surface area (Å²) in [6.45, 7) is 2.97. The molecule has 1 fully saturated rings. The third-order valence-electron chi connectivity index (χ3n) is 3.31. The predicted octanol–water partition coefficient (Wildman–Crippen LogP) is 2.68. The van der Waals surface area contributed by atoms with Crippen molar-refractivity contribution in [3.63, 3.8) is 0 Å². The van der Waals surface area contributed by atoms with Gasteiger partial charge in [0.15, 0.2) is 0 Å². The van der Waals surface area contributed by atoms with Gasteiger partial charge in [0.2, 0.25) is 0 Å². The van der Waals surface area contributed by atoms with Gasteiger partial charge in [-0.15, -0.1) is 0 Å². The summed E-state index contributed by atoms with van der Waals surface area (Å²) in [7, 11) is 0. The number of benzene rings is 1. The molecule has 0 spiro atoms. The zero-order valence-corrected chi connectivity index (χ0v) is 9.22. The maximum Gasteiger partial charge on any atom is 0.0926 e. The smallest absolute Gasteiger partial charge is 0.0926 e. The molecule has 1 aliphatic rings. The van der Waals surface area contributed by atoms with Crippen LogP contribution in [0.2, 0.25) is 0 Å². The molecule has 3 heteroatoms. The van der Waals surface area contributed by atoms with Crippen LogP contribution in [-0.4, -0.2) is 9.78 Å². The van der Waals surface area contributed by atoms with Crippen molar-refractivity contribution in [2.75, 3.05) is 0 Å². The van der Waals surface area contributed by atoms with E-state index in [1.165, 1.54) is 10.9 Å². The maximum atomic E-state index is 8.89. The molecule has 16 heavy (non-hydrogen) atoms. The third kappa shape index (κ3) is 1.30. The van der Waals surface area contributed by atoms with E-state index in [9.17, 15) is 0 Å². The van der Waals surface area contributed by atoms with Crippen molar-refractivity contribution in [2.24, 2.45) is 5.92 Å². The highest BCUT2D eigenvalue weighted by molar-refractivity contribution is 5.83. The Hall–Kier alpha value is -1.82. The molecule has 0 amide bonds. The molecule has 3 nitrogen and oxygen atoms in total. The molecule has 0 radical (unpaired) electrons. The molecule has 1 aromatic carbocycles. The van der Waals surface area contributed by atoms with E-state index in [2.05, 4.69) is 30.4 Å². The Kier molecular flexibility index (Phi) is 1.97. The molecule has 2 aromatic rings. The van der Waals surface area contributed by atoms with Gasteiger partial charge in [0.25, 0.3) is 0 Å². The Labute approximate surface area is 94.3 Å². The second-order valence-electron chi connectivity index (χ2n) is 4.34. The average Bonchev–Trinajstić information content (AvgIpc) is 2.98. The summed E-state index contributed by atoms with van der Waals surface area (Å²) in [5.41, 5.74) is 2.34. The van der Waals surface area contributed by atoms with Crippen LogP contribution < -0.4 is 0 Å². The quantitative estimate of drug-likeness (QED) is 0.766. The van der Waals surface area contributed by atoms with Gasteiger partial charge in [-0.1, -0.05) is 12.1 Å². The molecular formula is C13H13N3. The molecule has 0 saturated heterocycles. The van der Waals surface area contributed by atoms with Gasteiger partial charge in [-0.25, -0.2) is 0 Å². The van der Waals surface area contributed by atoms with Crippen LogP contribution in [0.25, 0.3) is 10.9 Å². The number of rotatable bonds is 2. The van der Waals surface area contributed by atoms with Crippen molar-refractivity contribution in [3.05, 3.63) is 30.0 Å². The SMILES string of the molecule is CCn1cc2c(C3CC3C#N)cccc2n1. The highest BCUT2D eigenvalue weighted by Crippen LogP contribution is 2.48. The summed E-state index contributed by atoms with van der Waals surface area (Å²) >= 11 is 0. The first-order chi connectivity index (χ1) is 7.83.